The maximum absolute atomic E-state index is 15.1. The number of carbonyl (C=O) groups is 1. The summed E-state index contributed by atoms with van der Waals surface area (Å²) >= 11 is 5.88. The van der Waals surface area contributed by atoms with Gasteiger partial charge in [0.2, 0.25) is 11.6 Å². The van der Waals surface area contributed by atoms with Gasteiger partial charge in [0.1, 0.15) is 11.6 Å². The Morgan fingerprint density at radius 1 is 1.00 bits per heavy atom. The number of anilines is 3. The zero-order valence-corrected chi connectivity index (χ0v) is 19.9. The van der Waals surface area contributed by atoms with Crippen molar-refractivity contribution in [2.45, 2.75) is 0 Å². The third-order valence-electron chi connectivity index (χ3n) is 5.50. The third-order valence-corrected chi connectivity index (χ3v) is 5.74. The topological polar surface area (TPSA) is 88.6 Å². The zero-order valence-electron chi connectivity index (χ0n) is 19.1. The molecule has 0 atom stereocenters. The standard InChI is InChI=1S/C25H19ClF3N5O3/c26-14-2-1-3-15(10-14)31-25(35)33-20-12-17(27)22(28)24(23(20)29)37-16-4-5-18-19(11-16)32-21(13-30-18)34-6-8-36-9-7-34/h1-5,10-13H,6-9H2,(H2,31,33,35). The number of urea groups is 1. The molecule has 0 saturated carbocycles. The number of hydrogen-bond donors (Lipinski definition) is 2. The molecule has 1 aromatic heterocycles. The minimum Gasteiger partial charge on any atom is -0.451 e. The molecule has 1 saturated heterocycles. The highest BCUT2D eigenvalue weighted by Crippen LogP contribution is 2.35. The second-order valence-electron chi connectivity index (χ2n) is 8.03. The van der Waals surface area contributed by atoms with Crippen molar-refractivity contribution in [1.29, 1.82) is 0 Å². The van der Waals surface area contributed by atoms with Gasteiger partial charge in [-0.2, -0.15) is 4.39 Å². The van der Waals surface area contributed by atoms with Crippen LogP contribution in [0.15, 0.2) is 54.7 Å². The minimum atomic E-state index is -1.55. The van der Waals surface area contributed by atoms with Crippen molar-refractivity contribution < 1.29 is 27.4 Å². The lowest BCUT2D eigenvalue weighted by Gasteiger charge is -2.27. The largest absolute Gasteiger partial charge is 0.451 e. The van der Waals surface area contributed by atoms with Gasteiger partial charge >= 0.3 is 6.03 Å². The first-order chi connectivity index (χ1) is 17.9. The van der Waals surface area contributed by atoms with Crippen molar-refractivity contribution >= 4 is 45.9 Å². The van der Waals surface area contributed by atoms with Gasteiger partial charge in [0.05, 0.1) is 36.1 Å². The van der Waals surface area contributed by atoms with E-state index in [2.05, 4.69) is 20.6 Å². The molecule has 1 fully saturated rings. The van der Waals surface area contributed by atoms with E-state index in [-0.39, 0.29) is 5.75 Å². The number of rotatable bonds is 5. The Kier molecular flexibility index (Phi) is 6.97. The molecule has 0 bridgehead atoms. The smallest absolute Gasteiger partial charge is 0.323 e. The molecule has 2 N–H and O–H groups in total. The van der Waals surface area contributed by atoms with E-state index in [0.29, 0.717) is 59.9 Å². The Bertz CT molecular complexity index is 1480. The van der Waals surface area contributed by atoms with Crippen LogP contribution >= 0.6 is 11.6 Å². The summed E-state index contributed by atoms with van der Waals surface area (Å²) in [6.45, 7) is 2.43. The van der Waals surface area contributed by atoms with Crippen LogP contribution in [0, 0.1) is 17.5 Å². The van der Waals surface area contributed by atoms with Crippen molar-refractivity contribution in [3.63, 3.8) is 0 Å². The summed E-state index contributed by atoms with van der Waals surface area (Å²) in [4.78, 5) is 23.2. The van der Waals surface area contributed by atoms with Crippen LogP contribution in [0.5, 0.6) is 11.5 Å². The molecule has 12 heteroatoms. The Morgan fingerprint density at radius 2 is 1.81 bits per heavy atom. The first kappa shape index (κ1) is 24.6. The monoisotopic (exact) mass is 529 g/mol. The van der Waals surface area contributed by atoms with Crippen LogP contribution in [-0.4, -0.2) is 42.3 Å². The van der Waals surface area contributed by atoms with Crippen molar-refractivity contribution in [2.24, 2.45) is 0 Å². The highest BCUT2D eigenvalue weighted by molar-refractivity contribution is 6.30. The number of aromatic nitrogens is 2. The van der Waals surface area contributed by atoms with E-state index >= 15 is 4.39 Å². The predicted molar refractivity (Wildman–Crippen MR) is 133 cm³/mol. The van der Waals surface area contributed by atoms with Gasteiger partial charge in [-0.1, -0.05) is 17.7 Å². The highest BCUT2D eigenvalue weighted by Gasteiger charge is 2.23. The number of ether oxygens (including phenoxy) is 2. The van der Waals surface area contributed by atoms with Crippen molar-refractivity contribution in [2.75, 3.05) is 41.8 Å². The molecule has 1 aliphatic heterocycles. The number of morpholine rings is 1. The van der Waals surface area contributed by atoms with Crippen LogP contribution in [0.25, 0.3) is 11.0 Å². The zero-order chi connectivity index (χ0) is 25.9. The summed E-state index contributed by atoms with van der Waals surface area (Å²) in [7, 11) is 0. The van der Waals surface area contributed by atoms with E-state index in [4.69, 9.17) is 21.1 Å². The maximum atomic E-state index is 15.1. The molecule has 3 aromatic carbocycles. The van der Waals surface area contributed by atoms with Crippen LogP contribution in [0.1, 0.15) is 0 Å². The molecular formula is C25H19ClF3N5O3. The van der Waals surface area contributed by atoms with E-state index in [1.165, 1.54) is 18.2 Å². The Balaban J connectivity index is 1.39. The van der Waals surface area contributed by atoms with Crippen LogP contribution in [0.3, 0.4) is 0 Å². The van der Waals surface area contributed by atoms with Gasteiger partial charge < -0.3 is 25.0 Å². The van der Waals surface area contributed by atoms with Gasteiger partial charge in [-0.25, -0.2) is 18.6 Å². The van der Waals surface area contributed by atoms with Crippen LogP contribution in [0.4, 0.5) is 35.2 Å². The summed E-state index contributed by atoms with van der Waals surface area (Å²) in [6.07, 6.45) is 1.63. The number of nitrogens with one attached hydrogen (secondary N) is 2. The molecule has 4 aromatic rings. The van der Waals surface area contributed by atoms with Gasteiger partial charge in [-0.15, -0.1) is 0 Å². The molecule has 0 spiro atoms. The SMILES string of the molecule is O=C(Nc1cccc(Cl)c1)Nc1cc(F)c(F)c(Oc2ccc3ncc(N4CCOCC4)nc3c2)c1F. The highest BCUT2D eigenvalue weighted by atomic mass is 35.5. The van der Waals surface area contributed by atoms with Crippen molar-refractivity contribution in [1.82, 2.24) is 9.97 Å². The Morgan fingerprint density at radius 3 is 2.59 bits per heavy atom. The predicted octanol–water partition coefficient (Wildman–Crippen LogP) is 5.97. The lowest BCUT2D eigenvalue weighted by molar-refractivity contribution is 0.122. The number of hydrogen-bond acceptors (Lipinski definition) is 6. The molecule has 37 heavy (non-hydrogen) atoms. The minimum absolute atomic E-state index is 0.00124. The van der Waals surface area contributed by atoms with Gasteiger partial charge in [0, 0.05) is 35.9 Å². The van der Waals surface area contributed by atoms with E-state index in [1.807, 2.05) is 4.90 Å². The first-order valence-corrected chi connectivity index (χ1v) is 11.5. The summed E-state index contributed by atoms with van der Waals surface area (Å²) in [6, 6.07) is 10.3. The van der Waals surface area contributed by atoms with E-state index in [1.54, 1.807) is 30.5 Å². The summed E-state index contributed by atoms with van der Waals surface area (Å²) in [5, 5.41) is 4.95. The average Bonchev–Trinajstić information content (AvgIpc) is 2.90. The number of carbonyl (C=O) groups excluding carboxylic acids is 1. The van der Waals surface area contributed by atoms with E-state index in [9.17, 15) is 13.6 Å². The summed E-state index contributed by atoms with van der Waals surface area (Å²) < 4.78 is 54.7. The lowest BCUT2D eigenvalue weighted by Crippen LogP contribution is -2.36. The molecule has 1 aliphatic rings. The molecule has 2 amide bonds. The number of amides is 2. The fourth-order valence-electron chi connectivity index (χ4n) is 3.72. The normalized spacial score (nSPS) is 13.5. The van der Waals surface area contributed by atoms with Crippen LogP contribution in [0.2, 0.25) is 5.02 Å². The third kappa shape index (κ3) is 5.52. The molecule has 0 radical (unpaired) electrons. The molecule has 5 rings (SSSR count). The average molecular weight is 530 g/mol. The van der Waals surface area contributed by atoms with E-state index < -0.39 is 34.9 Å². The van der Waals surface area contributed by atoms with Crippen molar-refractivity contribution in [3.05, 3.63) is 77.2 Å². The van der Waals surface area contributed by atoms with E-state index in [0.717, 1.165) is 0 Å². The number of fused-ring (bicyclic) bond motifs is 1. The molecule has 8 nitrogen and oxygen atoms in total. The molecule has 0 aliphatic carbocycles. The van der Waals surface area contributed by atoms with Gasteiger partial charge in [0.15, 0.2) is 11.6 Å². The number of nitrogens with zero attached hydrogens (tertiary/aromatic N) is 3. The lowest BCUT2D eigenvalue weighted by atomic mass is 10.2. The van der Waals surface area contributed by atoms with Crippen molar-refractivity contribution in [3.8, 4) is 11.5 Å². The van der Waals surface area contributed by atoms with Gasteiger partial charge in [0.25, 0.3) is 0 Å². The quantitative estimate of drug-likeness (QED) is 0.310. The Labute approximate surface area is 214 Å². The summed E-state index contributed by atoms with van der Waals surface area (Å²) in [5.74, 6) is -4.66. The second kappa shape index (κ2) is 10.5. The van der Waals surface area contributed by atoms with Crippen LogP contribution in [-0.2, 0) is 4.74 Å². The summed E-state index contributed by atoms with van der Waals surface area (Å²) in [5.41, 5.74) is 0.643. The Hall–Kier alpha value is -4.09. The molecule has 2 heterocycles. The molecule has 190 valence electrons. The van der Waals surface area contributed by atoms with Gasteiger partial charge in [-0.3, -0.25) is 4.98 Å². The maximum Gasteiger partial charge on any atom is 0.323 e. The number of halogens is 4. The first-order valence-electron chi connectivity index (χ1n) is 11.2. The fraction of sp³-hybridized carbons (Fsp3) is 0.160. The second-order valence-corrected chi connectivity index (χ2v) is 8.47. The van der Waals surface area contributed by atoms with Gasteiger partial charge in [-0.05, 0) is 30.3 Å². The molecule has 0 unspecified atom stereocenters. The fourth-order valence-corrected chi connectivity index (χ4v) is 3.91. The van der Waals surface area contributed by atoms with Crippen LogP contribution < -0.4 is 20.3 Å². The molecular weight excluding hydrogens is 511 g/mol. The number of benzene rings is 3.